The van der Waals surface area contributed by atoms with Crippen LogP contribution in [0.15, 0.2) is 18.2 Å². The number of aromatic nitrogens is 2. The summed E-state index contributed by atoms with van der Waals surface area (Å²) in [7, 11) is 0. The zero-order valence-corrected chi connectivity index (χ0v) is 15.2. The molecule has 0 spiro atoms. The van der Waals surface area contributed by atoms with Gasteiger partial charge in [-0.3, -0.25) is 0 Å². The SMILES string of the molecule is CCOC(C)(C)Cn1c(C(C)Cl)nc2cc(I)ccc21. The highest BCUT2D eigenvalue weighted by Gasteiger charge is 2.23. The number of alkyl halides is 1. The van der Waals surface area contributed by atoms with Gasteiger partial charge in [0.15, 0.2) is 0 Å². The van der Waals surface area contributed by atoms with Gasteiger partial charge >= 0.3 is 0 Å². The number of fused-ring (bicyclic) bond motifs is 1. The molecule has 3 nitrogen and oxygen atoms in total. The van der Waals surface area contributed by atoms with Crippen LogP contribution < -0.4 is 0 Å². The Morgan fingerprint density at radius 1 is 1.45 bits per heavy atom. The molecule has 0 radical (unpaired) electrons. The maximum Gasteiger partial charge on any atom is 0.127 e. The Morgan fingerprint density at radius 2 is 2.15 bits per heavy atom. The second-order valence-electron chi connectivity index (χ2n) is 5.50. The second kappa shape index (κ2) is 6.20. The lowest BCUT2D eigenvalue weighted by atomic mass is 10.1. The minimum absolute atomic E-state index is 0.127. The van der Waals surface area contributed by atoms with Gasteiger partial charge in [0.1, 0.15) is 5.82 Å². The van der Waals surface area contributed by atoms with E-state index >= 15 is 0 Å². The molecule has 0 aliphatic carbocycles. The summed E-state index contributed by atoms with van der Waals surface area (Å²) in [6.07, 6.45) is 0. The quantitative estimate of drug-likeness (QED) is 0.529. The lowest BCUT2D eigenvalue weighted by Gasteiger charge is -2.26. The molecule has 0 bridgehead atoms. The highest BCUT2D eigenvalue weighted by molar-refractivity contribution is 14.1. The van der Waals surface area contributed by atoms with Crippen LogP contribution in [0.3, 0.4) is 0 Å². The first kappa shape index (κ1) is 16.0. The molecular weight excluding hydrogens is 387 g/mol. The Kier molecular flexibility index (Phi) is 4.97. The first-order chi connectivity index (χ1) is 9.34. The molecule has 0 N–H and O–H groups in total. The third-order valence-corrected chi connectivity index (χ3v) is 4.04. The van der Waals surface area contributed by atoms with E-state index in [1.165, 1.54) is 3.57 Å². The number of benzene rings is 1. The van der Waals surface area contributed by atoms with Gasteiger partial charge in [-0.1, -0.05) is 0 Å². The zero-order chi connectivity index (χ0) is 14.9. The smallest absolute Gasteiger partial charge is 0.127 e. The number of hydrogen-bond donors (Lipinski definition) is 0. The molecule has 5 heteroatoms. The molecule has 110 valence electrons. The molecule has 0 aliphatic rings. The summed E-state index contributed by atoms with van der Waals surface area (Å²) in [5, 5.41) is -0.127. The highest BCUT2D eigenvalue weighted by Crippen LogP contribution is 2.28. The summed E-state index contributed by atoms with van der Waals surface area (Å²) in [6, 6.07) is 6.29. The maximum atomic E-state index is 6.30. The molecule has 2 rings (SSSR count). The first-order valence-corrected chi connectivity index (χ1v) is 8.29. The van der Waals surface area contributed by atoms with Gasteiger partial charge in [0.25, 0.3) is 0 Å². The normalized spacial score (nSPS) is 13.9. The molecule has 20 heavy (non-hydrogen) atoms. The fourth-order valence-electron chi connectivity index (χ4n) is 2.41. The van der Waals surface area contributed by atoms with Crippen molar-refractivity contribution in [3.63, 3.8) is 0 Å². The van der Waals surface area contributed by atoms with Crippen LogP contribution in [-0.4, -0.2) is 21.8 Å². The van der Waals surface area contributed by atoms with Gasteiger partial charge in [-0.05, 0) is 68.5 Å². The van der Waals surface area contributed by atoms with Crippen molar-refractivity contribution in [2.45, 2.75) is 45.2 Å². The van der Waals surface area contributed by atoms with E-state index in [1.807, 2.05) is 13.8 Å². The van der Waals surface area contributed by atoms with E-state index in [-0.39, 0.29) is 11.0 Å². The monoisotopic (exact) mass is 406 g/mol. The third kappa shape index (κ3) is 3.46. The fourth-order valence-corrected chi connectivity index (χ4v) is 3.05. The average Bonchev–Trinajstić information content (AvgIpc) is 2.66. The maximum absolute atomic E-state index is 6.30. The van der Waals surface area contributed by atoms with Gasteiger partial charge < -0.3 is 9.30 Å². The summed E-state index contributed by atoms with van der Waals surface area (Å²) in [5.41, 5.74) is 1.86. The molecule has 1 heterocycles. The minimum Gasteiger partial charge on any atom is -0.374 e. The molecule has 0 saturated carbocycles. The van der Waals surface area contributed by atoms with Crippen molar-refractivity contribution >= 4 is 45.2 Å². The standard InChI is InChI=1S/C15H20ClIN2O/c1-5-20-15(3,4)9-19-13-7-6-11(17)8-12(13)18-14(19)10(2)16/h6-8,10H,5,9H2,1-4H3. The number of nitrogens with zero attached hydrogens (tertiary/aromatic N) is 2. The average molecular weight is 407 g/mol. The van der Waals surface area contributed by atoms with Crippen molar-refractivity contribution in [2.75, 3.05) is 6.61 Å². The Hall–Kier alpha value is -0.330. The van der Waals surface area contributed by atoms with Gasteiger partial charge in [-0.15, -0.1) is 11.6 Å². The van der Waals surface area contributed by atoms with Crippen molar-refractivity contribution in [3.05, 3.63) is 27.6 Å². The molecule has 0 saturated heterocycles. The second-order valence-corrected chi connectivity index (χ2v) is 7.40. The number of halogens is 2. The number of ether oxygens (including phenoxy) is 1. The van der Waals surface area contributed by atoms with Crippen LogP contribution in [0.1, 0.15) is 38.9 Å². The largest absolute Gasteiger partial charge is 0.374 e. The molecule has 0 fully saturated rings. The molecule has 1 atom stereocenters. The van der Waals surface area contributed by atoms with Crippen LogP contribution in [0.2, 0.25) is 0 Å². The van der Waals surface area contributed by atoms with E-state index in [2.05, 4.69) is 64.2 Å². The summed E-state index contributed by atoms with van der Waals surface area (Å²) in [4.78, 5) is 4.69. The van der Waals surface area contributed by atoms with E-state index in [4.69, 9.17) is 16.3 Å². The van der Waals surface area contributed by atoms with Gasteiger partial charge in [0.2, 0.25) is 0 Å². The minimum atomic E-state index is -0.244. The molecule has 2 aromatic rings. The van der Waals surface area contributed by atoms with Crippen LogP contribution in [0, 0.1) is 3.57 Å². The molecule has 0 aliphatic heterocycles. The lowest BCUT2D eigenvalue weighted by Crippen LogP contribution is -2.31. The number of rotatable bonds is 5. The summed E-state index contributed by atoms with van der Waals surface area (Å²) < 4.78 is 9.17. The summed E-state index contributed by atoms with van der Waals surface area (Å²) >= 11 is 8.60. The van der Waals surface area contributed by atoms with Gasteiger partial charge in [0, 0.05) is 10.2 Å². The van der Waals surface area contributed by atoms with E-state index in [9.17, 15) is 0 Å². The predicted molar refractivity (Wildman–Crippen MR) is 92.4 cm³/mol. The van der Waals surface area contributed by atoms with E-state index in [0.717, 1.165) is 23.4 Å². The predicted octanol–water partition coefficient (Wildman–Crippen LogP) is 4.76. The van der Waals surface area contributed by atoms with E-state index < -0.39 is 0 Å². The Labute approximate surface area is 138 Å². The molecular formula is C15H20ClIN2O. The van der Waals surface area contributed by atoms with Crippen molar-refractivity contribution in [1.29, 1.82) is 0 Å². The third-order valence-electron chi connectivity index (χ3n) is 3.17. The van der Waals surface area contributed by atoms with E-state index in [1.54, 1.807) is 0 Å². The van der Waals surface area contributed by atoms with Gasteiger partial charge in [-0.25, -0.2) is 4.98 Å². The lowest BCUT2D eigenvalue weighted by molar-refractivity contribution is -0.0221. The van der Waals surface area contributed by atoms with Crippen molar-refractivity contribution in [2.24, 2.45) is 0 Å². The van der Waals surface area contributed by atoms with E-state index in [0.29, 0.717) is 6.61 Å². The van der Waals surface area contributed by atoms with Crippen LogP contribution in [0.25, 0.3) is 11.0 Å². The topological polar surface area (TPSA) is 27.1 Å². The van der Waals surface area contributed by atoms with Crippen LogP contribution in [-0.2, 0) is 11.3 Å². The van der Waals surface area contributed by atoms with Crippen LogP contribution >= 0.6 is 34.2 Å². The summed E-state index contributed by atoms with van der Waals surface area (Å²) in [6.45, 7) is 9.60. The Bertz CT molecular complexity index is 607. The van der Waals surface area contributed by atoms with Gasteiger partial charge in [-0.2, -0.15) is 0 Å². The number of hydrogen-bond acceptors (Lipinski definition) is 2. The summed E-state index contributed by atoms with van der Waals surface area (Å²) in [5.74, 6) is 0.899. The Morgan fingerprint density at radius 3 is 2.75 bits per heavy atom. The molecule has 1 aromatic carbocycles. The molecule has 1 unspecified atom stereocenters. The van der Waals surface area contributed by atoms with Crippen molar-refractivity contribution in [3.8, 4) is 0 Å². The highest BCUT2D eigenvalue weighted by atomic mass is 127. The fraction of sp³-hybridized carbons (Fsp3) is 0.533. The van der Waals surface area contributed by atoms with Crippen LogP contribution in [0.5, 0.6) is 0 Å². The van der Waals surface area contributed by atoms with Gasteiger partial charge in [0.05, 0.1) is 28.6 Å². The first-order valence-electron chi connectivity index (χ1n) is 6.78. The van der Waals surface area contributed by atoms with Crippen molar-refractivity contribution in [1.82, 2.24) is 9.55 Å². The Balaban J connectivity index is 2.51. The molecule has 0 amide bonds. The number of imidazole rings is 1. The zero-order valence-electron chi connectivity index (χ0n) is 12.3. The van der Waals surface area contributed by atoms with Crippen LogP contribution in [0.4, 0.5) is 0 Å². The molecule has 1 aromatic heterocycles. The van der Waals surface area contributed by atoms with Crippen molar-refractivity contribution < 1.29 is 4.74 Å².